The lowest BCUT2D eigenvalue weighted by atomic mass is 9.92. The van der Waals surface area contributed by atoms with Crippen molar-refractivity contribution in [2.24, 2.45) is 5.92 Å². The van der Waals surface area contributed by atoms with E-state index in [1.165, 1.54) is 11.0 Å². The number of carbonyl (C=O) groups excluding carboxylic acids is 1. The minimum absolute atomic E-state index is 0.289. The van der Waals surface area contributed by atoms with Crippen molar-refractivity contribution >= 4 is 57.7 Å². The van der Waals surface area contributed by atoms with Crippen LogP contribution in [-0.4, -0.2) is 34.5 Å². The Morgan fingerprint density at radius 3 is 2.67 bits per heavy atom. The number of hydrogen-bond donors (Lipinski definition) is 1. The zero-order chi connectivity index (χ0) is 15.7. The van der Waals surface area contributed by atoms with E-state index in [0.717, 1.165) is 6.42 Å². The highest BCUT2D eigenvalue weighted by molar-refractivity contribution is 14.1. The molecule has 21 heavy (non-hydrogen) atoms. The topological polar surface area (TPSA) is 57.6 Å². The van der Waals surface area contributed by atoms with Gasteiger partial charge in [-0.3, -0.25) is 4.79 Å². The first-order valence-electron chi connectivity index (χ1n) is 6.49. The van der Waals surface area contributed by atoms with Gasteiger partial charge in [0.1, 0.15) is 6.04 Å². The molecule has 2 unspecified atom stereocenters. The summed E-state index contributed by atoms with van der Waals surface area (Å²) in [7, 11) is 0. The summed E-state index contributed by atoms with van der Waals surface area (Å²) < 4.78 is 0.589. The highest BCUT2D eigenvalue weighted by Gasteiger charge is 2.36. The van der Waals surface area contributed by atoms with Gasteiger partial charge in [0.2, 0.25) is 0 Å². The first-order valence-corrected chi connectivity index (χ1v) is 8.33. The predicted molar refractivity (Wildman–Crippen MR) is 90.0 cm³/mol. The molecule has 1 aromatic carbocycles. The van der Waals surface area contributed by atoms with Gasteiger partial charge in [0.15, 0.2) is 0 Å². The van der Waals surface area contributed by atoms with E-state index in [0.29, 0.717) is 32.1 Å². The van der Waals surface area contributed by atoms with Crippen molar-refractivity contribution in [3.63, 3.8) is 0 Å². The van der Waals surface area contributed by atoms with E-state index in [2.05, 4.69) is 0 Å². The normalized spacial score (nSPS) is 22.2. The number of nitrogens with zero attached hydrogens (tertiary/aromatic N) is 1. The lowest BCUT2D eigenvalue weighted by Crippen LogP contribution is -2.50. The molecule has 1 amide bonds. The van der Waals surface area contributed by atoms with E-state index >= 15 is 0 Å². The van der Waals surface area contributed by atoms with Crippen molar-refractivity contribution < 1.29 is 14.7 Å². The van der Waals surface area contributed by atoms with Crippen LogP contribution in [0.5, 0.6) is 0 Å². The molecule has 0 saturated carbocycles. The molecule has 1 fully saturated rings. The molecule has 0 spiro atoms. The van der Waals surface area contributed by atoms with Gasteiger partial charge in [-0.2, -0.15) is 0 Å². The van der Waals surface area contributed by atoms with Gasteiger partial charge in [-0.15, -0.1) is 0 Å². The summed E-state index contributed by atoms with van der Waals surface area (Å²) in [6, 6.07) is 2.30. The molecule has 114 valence electrons. The standard InChI is InChI=1S/C14H14Cl2INO3/c1-7-2-3-18(11(4-7)14(20)21)13(19)9-5-8(15)6-10(16)12(9)17/h5-7,11H,2-4H2,1H3,(H,20,21). The lowest BCUT2D eigenvalue weighted by Gasteiger charge is -2.36. The molecule has 0 bridgehead atoms. The maximum Gasteiger partial charge on any atom is 0.326 e. The van der Waals surface area contributed by atoms with Gasteiger partial charge < -0.3 is 10.0 Å². The maximum atomic E-state index is 12.7. The minimum atomic E-state index is -0.974. The lowest BCUT2D eigenvalue weighted by molar-refractivity contribution is -0.144. The molecule has 1 aliphatic rings. The number of amides is 1. The Morgan fingerprint density at radius 2 is 2.05 bits per heavy atom. The summed E-state index contributed by atoms with van der Waals surface area (Å²) in [5.74, 6) is -1.02. The monoisotopic (exact) mass is 441 g/mol. The van der Waals surface area contributed by atoms with E-state index in [9.17, 15) is 14.7 Å². The average Bonchev–Trinajstić information content (AvgIpc) is 2.42. The molecule has 0 aliphatic carbocycles. The Hall–Kier alpha value is -0.530. The van der Waals surface area contributed by atoms with Crippen LogP contribution in [0.1, 0.15) is 30.1 Å². The van der Waals surface area contributed by atoms with E-state index in [4.69, 9.17) is 23.2 Å². The average molecular weight is 442 g/mol. The minimum Gasteiger partial charge on any atom is -0.480 e. The number of hydrogen-bond acceptors (Lipinski definition) is 2. The number of carboxylic acid groups (broad SMARTS) is 1. The van der Waals surface area contributed by atoms with Crippen LogP contribution in [0.2, 0.25) is 10.0 Å². The molecule has 1 aliphatic heterocycles. The fourth-order valence-electron chi connectivity index (χ4n) is 2.49. The van der Waals surface area contributed by atoms with E-state index in [-0.39, 0.29) is 11.8 Å². The fourth-order valence-corrected chi connectivity index (χ4v) is 3.52. The number of halogens is 3. The van der Waals surface area contributed by atoms with Crippen molar-refractivity contribution in [1.29, 1.82) is 0 Å². The molecule has 1 heterocycles. The first-order chi connectivity index (χ1) is 9.81. The summed E-state index contributed by atoms with van der Waals surface area (Å²) in [6.07, 6.45) is 1.26. The van der Waals surface area contributed by atoms with Crippen molar-refractivity contribution in [2.45, 2.75) is 25.8 Å². The van der Waals surface area contributed by atoms with Crippen LogP contribution in [0.4, 0.5) is 0 Å². The molecule has 0 aromatic heterocycles. The number of carbonyl (C=O) groups is 2. The Labute approximate surface area is 146 Å². The Bertz CT molecular complexity index is 594. The number of carboxylic acids is 1. The van der Waals surface area contributed by atoms with E-state index in [1.54, 1.807) is 6.07 Å². The van der Waals surface area contributed by atoms with Crippen LogP contribution in [-0.2, 0) is 4.79 Å². The highest BCUT2D eigenvalue weighted by Crippen LogP contribution is 2.30. The van der Waals surface area contributed by atoms with Crippen LogP contribution < -0.4 is 0 Å². The second-order valence-electron chi connectivity index (χ2n) is 5.23. The van der Waals surface area contributed by atoms with Crippen LogP contribution >= 0.6 is 45.8 Å². The zero-order valence-corrected chi connectivity index (χ0v) is 14.9. The zero-order valence-electron chi connectivity index (χ0n) is 11.3. The third-order valence-corrected chi connectivity index (χ3v) is 5.63. The van der Waals surface area contributed by atoms with Gasteiger partial charge in [0, 0.05) is 15.1 Å². The third-order valence-electron chi connectivity index (χ3n) is 3.63. The molecule has 7 heteroatoms. The molecular formula is C14H14Cl2INO3. The van der Waals surface area contributed by atoms with Gasteiger partial charge in [0.25, 0.3) is 5.91 Å². The number of likely N-dealkylation sites (tertiary alicyclic amines) is 1. The number of aliphatic carboxylic acids is 1. The van der Waals surface area contributed by atoms with Crippen molar-refractivity contribution in [1.82, 2.24) is 4.90 Å². The second-order valence-corrected chi connectivity index (χ2v) is 7.15. The van der Waals surface area contributed by atoms with Crippen LogP contribution in [0, 0.1) is 9.49 Å². The molecule has 2 rings (SSSR count). The van der Waals surface area contributed by atoms with Gasteiger partial charge in [0.05, 0.1) is 10.6 Å². The van der Waals surface area contributed by atoms with Gasteiger partial charge >= 0.3 is 5.97 Å². The molecule has 2 atom stereocenters. The summed E-state index contributed by atoms with van der Waals surface area (Å²) in [5, 5.41) is 10.1. The van der Waals surface area contributed by atoms with Crippen LogP contribution in [0.3, 0.4) is 0 Å². The summed E-state index contributed by atoms with van der Waals surface area (Å²) in [6.45, 7) is 2.43. The molecule has 1 N–H and O–H groups in total. The van der Waals surface area contributed by atoms with Gasteiger partial charge in [-0.1, -0.05) is 30.1 Å². The maximum absolute atomic E-state index is 12.7. The Balaban J connectivity index is 2.36. The molecule has 1 aromatic rings. The number of benzene rings is 1. The van der Waals surface area contributed by atoms with Gasteiger partial charge in [-0.25, -0.2) is 4.79 Å². The molecule has 1 saturated heterocycles. The van der Waals surface area contributed by atoms with Crippen LogP contribution in [0.25, 0.3) is 0 Å². The predicted octanol–water partition coefficient (Wildman–Crippen LogP) is 3.92. The van der Waals surface area contributed by atoms with E-state index < -0.39 is 12.0 Å². The molecular weight excluding hydrogens is 428 g/mol. The van der Waals surface area contributed by atoms with Crippen molar-refractivity contribution in [3.05, 3.63) is 31.3 Å². The number of rotatable bonds is 2. The summed E-state index contributed by atoms with van der Waals surface area (Å²) in [4.78, 5) is 25.5. The highest BCUT2D eigenvalue weighted by atomic mass is 127. The fraction of sp³-hybridized carbons (Fsp3) is 0.429. The Kier molecular flexibility index (Phi) is 5.38. The van der Waals surface area contributed by atoms with Crippen molar-refractivity contribution in [2.75, 3.05) is 6.54 Å². The van der Waals surface area contributed by atoms with Crippen molar-refractivity contribution in [3.8, 4) is 0 Å². The third kappa shape index (κ3) is 3.63. The first kappa shape index (κ1) is 16.8. The van der Waals surface area contributed by atoms with Gasteiger partial charge in [-0.05, 0) is 53.5 Å². The molecule has 4 nitrogen and oxygen atoms in total. The largest absolute Gasteiger partial charge is 0.480 e. The smallest absolute Gasteiger partial charge is 0.326 e. The second kappa shape index (κ2) is 6.71. The van der Waals surface area contributed by atoms with E-state index in [1.807, 2.05) is 29.5 Å². The summed E-state index contributed by atoms with van der Waals surface area (Å²) in [5.41, 5.74) is 0.355. The Morgan fingerprint density at radius 1 is 1.38 bits per heavy atom. The molecule has 0 radical (unpaired) electrons. The number of piperidine rings is 1. The quantitative estimate of drug-likeness (QED) is 0.558. The summed E-state index contributed by atoms with van der Waals surface area (Å²) >= 11 is 14.0. The van der Waals surface area contributed by atoms with Crippen LogP contribution in [0.15, 0.2) is 12.1 Å². The SMILES string of the molecule is CC1CCN(C(=O)c2cc(Cl)cc(Cl)c2I)C(C(=O)O)C1.